The standard InChI is InChI=1S/C12H13BrO2/c13-10-3-1-8(2-4-10)9-5-11(14)7-12(15)6-9/h1-4,9,11,14H,5-7H2/t9-,11+/m0/s1. The van der Waals surface area contributed by atoms with Crippen molar-refractivity contribution in [2.24, 2.45) is 0 Å². The molecule has 2 atom stereocenters. The highest BCUT2D eigenvalue weighted by Gasteiger charge is 2.26. The van der Waals surface area contributed by atoms with Gasteiger partial charge < -0.3 is 5.11 Å². The maximum absolute atomic E-state index is 11.4. The maximum Gasteiger partial charge on any atom is 0.136 e. The third-order valence-electron chi connectivity index (χ3n) is 2.84. The van der Waals surface area contributed by atoms with Crippen molar-refractivity contribution in [3.63, 3.8) is 0 Å². The van der Waals surface area contributed by atoms with Gasteiger partial charge in [0.25, 0.3) is 0 Å². The average Bonchev–Trinajstić information content (AvgIpc) is 2.17. The molecule has 1 aliphatic carbocycles. The Kier molecular flexibility index (Phi) is 3.22. The first kappa shape index (κ1) is 10.8. The molecule has 1 aliphatic rings. The van der Waals surface area contributed by atoms with Crippen LogP contribution in [0.3, 0.4) is 0 Å². The molecular formula is C12H13BrO2. The molecule has 0 bridgehead atoms. The molecule has 1 fully saturated rings. The lowest BCUT2D eigenvalue weighted by Gasteiger charge is -2.25. The Hall–Kier alpha value is -0.670. The normalized spacial score (nSPS) is 26.7. The van der Waals surface area contributed by atoms with Crippen LogP contribution in [0.15, 0.2) is 28.7 Å². The first-order valence-corrected chi connectivity index (χ1v) is 5.89. The molecular weight excluding hydrogens is 256 g/mol. The van der Waals surface area contributed by atoms with E-state index in [1.807, 2.05) is 24.3 Å². The molecule has 0 radical (unpaired) electrons. The van der Waals surface area contributed by atoms with E-state index in [4.69, 9.17) is 0 Å². The van der Waals surface area contributed by atoms with Crippen LogP contribution < -0.4 is 0 Å². The van der Waals surface area contributed by atoms with E-state index in [1.165, 1.54) is 0 Å². The van der Waals surface area contributed by atoms with Crippen LogP contribution in [0.5, 0.6) is 0 Å². The molecule has 2 rings (SSSR count). The Morgan fingerprint density at radius 3 is 2.47 bits per heavy atom. The summed E-state index contributed by atoms with van der Waals surface area (Å²) in [4.78, 5) is 11.4. The van der Waals surface area contributed by atoms with Crippen molar-refractivity contribution in [1.29, 1.82) is 0 Å². The van der Waals surface area contributed by atoms with Crippen LogP contribution in [0.25, 0.3) is 0 Å². The van der Waals surface area contributed by atoms with Gasteiger partial charge in [0.2, 0.25) is 0 Å². The van der Waals surface area contributed by atoms with Crippen molar-refractivity contribution in [1.82, 2.24) is 0 Å². The number of Topliss-reactive ketones (excluding diaryl/α,β-unsaturated/α-hetero) is 1. The van der Waals surface area contributed by atoms with Crippen LogP contribution >= 0.6 is 15.9 Å². The van der Waals surface area contributed by atoms with E-state index < -0.39 is 6.10 Å². The number of carbonyl (C=O) groups is 1. The fraction of sp³-hybridized carbons (Fsp3) is 0.417. The zero-order valence-electron chi connectivity index (χ0n) is 8.32. The molecule has 0 heterocycles. The van der Waals surface area contributed by atoms with Gasteiger partial charge in [0.1, 0.15) is 5.78 Å². The van der Waals surface area contributed by atoms with Crippen LogP contribution in [0.1, 0.15) is 30.7 Å². The second kappa shape index (κ2) is 4.45. The minimum atomic E-state index is -0.458. The van der Waals surface area contributed by atoms with E-state index in [-0.39, 0.29) is 11.7 Å². The van der Waals surface area contributed by atoms with Crippen molar-refractivity contribution in [2.75, 3.05) is 0 Å². The van der Waals surface area contributed by atoms with Gasteiger partial charge in [-0.2, -0.15) is 0 Å². The van der Waals surface area contributed by atoms with E-state index in [0.717, 1.165) is 10.0 Å². The Morgan fingerprint density at radius 2 is 1.87 bits per heavy atom. The van der Waals surface area contributed by atoms with Crippen molar-refractivity contribution in [3.8, 4) is 0 Å². The van der Waals surface area contributed by atoms with Gasteiger partial charge in [0.15, 0.2) is 0 Å². The number of halogens is 1. The molecule has 3 heteroatoms. The lowest BCUT2D eigenvalue weighted by molar-refractivity contribution is -0.123. The summed E-state index contributed by atoms with van der Waals surface area (Å²) in [5, 5.41) is 9.54. The molecule has 2 nitrogen and oxygen atoms in total. The molecule has 0 spiro atoms. The van der Waals surface area contributed by atoms with Crippen LogP contribution in [0.4, 0.5) is 0 Å². The lowest BCUT2D eigenvalue weighted by atomic mass is 9.82. The number of rotatable bonds is 1. The smallest absolute Gasteiger partial charge is 0.136 e. The van der Waals surface area contributed by atoms with E-state index in [9.17, 15) is 9.90 Å². The van der Waals surface area contributed by atoms with Gasteiger partial charge in [0.05, 0.1) is 6.10 Å². The second-order valence-electron chi connectivity index (χ2n) is 4.08. The van der Waals surface area contributed by atoms with E-state index in [1.54, 1.807) is 0 Å². The summed E-state index contributed by atoms with van der Waals surface area (Å²) in [6, 6.07) is 7.97. The molecule has 0 saturated heterocycles. The molecule has 0 amide bonds. The summed E-state index contributed by atoms with van der Waals surface area (Å²) in [6.45, 7) is 0. The van der Waals surface area contributed by atoms with Crippen LogP contribution in [-0.2, 0) is 4.79 Å². The molecule has 1 aromatic rings. The van der Waals surface area contributed by atoms with Gasteiger partial charge in [-0.3, -0.25) is 4.79 Å². The third-order valence-corrected chi connectivity index (χ3v) is 3.36. The number of ketones is 1. The molecule has 0 aromatic heterocycles. The summed E-state index contributed by atoms with van der Waals surface area (Å²) in [6.07, 6.45) is 1.14. The Bertz CT molecular complexity index is 358. The highest BCUT2D eigenvalue weighted by molar-refractivity contribution is 9.10. The van der Waals surface area contributed by atoms with E-state index in [2.05, 4.69) is 15.9 Å². The number of aliphatic hydroxyl groups excluding tert-OH is 1. The van der Waals surface area contributed by atoms with Gasteiger partial charge in [-0.1, -0.05) is 28.1 Å². The van der Waals surface area contributed by atoms with Gasteiger partial charge in [0, 0.05) is 17.3 Å². The summed E-state index contributed by atoms with van der Waals surface area (Å²) in [5.74, 6) is 0.357. The third kappa shape index (κ3) is 2.67. The number of aliphatic hydroxyl groups is 1. The van der Waals surface area contributed by atoms with Crippen LogP contribution in [0, 0.1) is 0 Å². The number of carbonyl (C=O) groups excluding carboxylic acids is 1. The van der Waals surface area contributed by atoms with Crippen molar-refractivity contribution in [3.05, 3.63) is 34.3 Å². The summed E-state index contributed by atoms with van der Waals surface area (Å²) >= 11 is 3.38. The molecule has 15 heavy (non-hydrogen) atoms. The zero-order valence-corrected chi connectivity index (χ0v) is 9.90. The quantitative estimate of drug-likeness (QED) is 0.851. The van der Waals surface area contributed by atoms with E-state index in [0.29, 0.717) is 19.3 Å². The fourth-order valence-electron chi connectivity index (χ4n) is 2.10. The molecule has 0 aliphatic heterocycles. The molecule has 1 N–H and O–H groups in total. The predicted octanol–water partition coefficient (Wildman–Crippen LogP) is 2.65. The molecule has 80 valence electrons. The number of benzene rings is 1. The summed E-state index contributed by atoms with van der Waals surface area (Å²) in [5.41, 5.74) is 1.14. The van der Waals surface area contributed by atoms with Crippen LogP contribution in [-0.4, -0.2) is 17.0 Å². The first-order valence-electron chi connectivity index (χ1n) is 5.10. The van der Waals surface area contributed by atoms with Crippen molar-refractivity contribution in [2.45, 2.75) is 31.3 Å². The Balaban J connectivity index is 2.16. The lowest BCUT2D eigenvalue weighted by Crippen LogP contribution is -2.25. The van der Waals surface area contributed by atoms with Gasteiger partial charge >= 0.3 is 0 Å². The summed E-state index contributed by atoms with van der Waals surface area (Å²) in [7, 11) is 0. The number of hydrogen-bond donors (Lipinski definition) is 1. The minimum Gasteiger partial charge on any atom is -0.393 e. The largest absolute Gasteiger partial charge is 0.393 e. The Labute approximate surface area is 97.4 Å². The molecule has 1 aromatic carbocycles. The minimum absolute atomic E-state index is 0.168. The zero-order chi connectivity index (χ0) is 10.8. The van der Waals surface area contributed by atoms with Crippen LogP contribution in [0.2, 0.25) is 0 Å². The molecule has 0 unspecified atom stereocenters. The first-order chi connectivity index (χ1) is 7.15. The van der Waals surface area contributed by atoms with E-state index >= 15 is 0 Å². The maximum atomic E-state index is 11.4. The summed E-state index contributed by atoms with van der Waals surface area (Å²) < 4.78 is 1.04. The SMILES string of the molecule is O=C1C[C@H](O)C[C@H](c2ccc(Br)cc2)C1. The second-order valence-corrected chi connectivity index (χ2v) is 5.00. The monoisotopic (exact) mass is 268 g/mol. The van der Waals surface area contributed by atoms with Crippen molar-refractivity contribution >= 4 is 21.7 Å². The Morgan fingerprint density at radius 1 is 1.20 bits per heavy atom. The van der Waals surface area contributed by atoms with Gasteiger partial charge in [-0.25, -0.2) is 0 Å². The number of hydrogen-bond acceptors (Lipinski definition) is 2. The average molecular weight is 269 g/mol. The molecule has 1 saturated carbocycles. The highest BCUT2D eigenvalue weighted by Crippen LogP contribution is 2.31. The fourth-order valence-corrected chi connectivity index (χ4v) is 2.37. The highest BCUT2D eigenvalue weighted by atomic mass is 79.9. The van der Waals surface area contributed by atoms with Gasteiger partial charge in [-0.15, -0.1) is 0 Å². The topological polar surface area (TPSA) is 37.3 Å². The van der Waals surface area contributed by atoms with Gasteiger partial charge in [-0.05, 0) is 30.0 Å². The van der Waals surface area contributed by atoms with Crippen molar-refractivity contribution < 1.29 is 9.90 Å². The predicted molar refractivity (Wildman–Crippen MR) is 61.7 cm³/mol.